The number of halogens is 1. The molecule has 2 bridgehead atoms. The average Bonchev–Trinajstić information content (AvgIpc) is 2.88. The van der Waals surface area contributed by atoms with Gasteiger partial charge >= 0.3 is 0 Å². The second kappa shape index (κ2) is 6.59. The molecule has 1 aromatic rings. The fraction of sp³-hybridized carbons (Fsp3) is 0.476. The maximum atomic E-state index is 13.2. The molecule has 142 valence electrons. The molecule has 1 unspecified atom stereocenters. The van der Waals surface area contributed by atoms with Crippen molar-refractivity contribution in [2.75, 3.05) is 31.1 Å². The molecule has 1 aliphatic heterocycles. The fourth-order valence-electron chi connectivity index (χ4n) is 4.69. The van der Waals surface area contributed by atoms with Crippen molar-refractivity contribution in [3.8, 4) is 0 Å². The summed E-state index contributed by atoms with van der Waals surface area (Å²) in [5.41, 5.74) is 0.877. The summed E-state index contributed by atoms with van der Waals surface area (Å²) in [6.07, 6.45) is 0.785. The van der Waals surface area contributed by atoms with E-state index in [9.17, 15) is 18.8 Å². The van der Waals surface area contributed by atoms with Crippen LogP contribution in [0.3, 0.4) is 0 Å². The zero-order chi connectivity index (χ0) is 19.2. The van der Waals surface area contributed by atoms with Gasteiger partial charge in [-0.15, -0.1) is 0 Å². The number of anilines is 1. The Morgan fingerprint density at radius 3 is 2.44 bits per heavy atom. The first-order valence-corrected chi connectivity index (χ1v) is 9.39. The minimum atomic E-state index is -1.21. The maximum absolute atomic E-state index is 13.2. The Bertz CT molecular complexity index is 811. The molecule has 1 heterocycles. The average molecular weight is 370 g/mol. The summed E-state index contributed by atoms with van der Waals surface area (Å²) >= 11 is 0. The van der Waals surface area contributed by atoms with Crippen LogP contribution in [0.25, 0.3) is 0 Å². The topological polar surface area (TPSA) is 57.7 Å². The van der Waals surface area contributed by atoms with Gasteiger partial charge in [0.1, 0.15) is 17.9 Å². The number of allylic oxidation sites excluding steroid dienone is 1. The van der Waals surface area contributed by atoms with Crippen molar-refractivity contribution in [1.29, 1.82) is 0 Å². The van der Waals surface area contributed by atoms with E-state index in [0.29, 0.717) is 50.2 Å². The lowest BCUT2D eigenvalue weighted by Crippen LogP contribution is -2.55. The van der Waals surface area contributed by atoms with E-state index in [1.54, 1.807) is 17.0 Å². The van der Waals surface area contributed by atoms with E-state index in [0.717, 1.165) is 5.69 Å². The number of piperazine rings is 1. The molecule has 0 aromatic heterocycles. The standard InChI is InChI=1S/C21H23FN2O3/c1-14-16-10-18(25)12-21(11-16,19(14)26)20(27)24-8-6-23(7-9-24)17-4-2-15(13-22)3-5-17/h2-5,16H,1,6-13H2/t16-,21?/m1/s1. The molecular weight excluding hydrogens is 347 g/mol. The van der Waals surface area contributed by atoms with E-state index in [4.69, 9.17) is 0 Å². The van der Waals surface area contributed by atoms with Crippen molar-refractivity contribution in [3.05, 3.63) is 42.0 Å². The zero-order valence-corrected chi connectivity index (χ0v) is 15.2. The Hall–Kier alpha value is -2.50. The zero-order valence-electron chi connectivity index (χ0n) is 15.2. The van der Waals surface area contributed by atoms with Crippen LogP contribution in [0.15, 0.2) is 36.4 Å². The Morgan fingerprint density at radius 1 is 1.15 bits per heavy atom. The first-order chi connectivity index (χ1) is 12.9. The maximum Gasteiger partial charge on any atom is 0.237 e. The number of carbonyl (C=O) groups excluding carboxylic acids is 3. The second-order valence-corrected chi connectivity index (χ2v) is 7.84. The van der Waals surface area contributed by atoms with Crippen molar-refractivity contribution < 1.29 is 18.8 Å². The Kier molecular flexibility index (Phi) is 4.36. The molecule has 6 heteroatoms. The predicted octanol–water partition coefficient (Wildman–Crippen LogP) is 2.30. The SMILES string of the molecule is C=C1C(=O)C2(C(=O)N3CCN(c4ccc(CF)cc4)CC3)CC(=O)C[C@@H]1C2. The number of carbonyl (C=O) groups is 3. The van der Waals surface area contributed by atoms with Gasteiger partial charge in [-0.05, 0) is 35.6 Å². The molecule has 0 N–H and O–H groups in total. The number of nitrogens with zero attached hydrogens (tertiary/aromatic N) is 2. The number of fused-ring (bicyclic) bond motifs is 2. The quantitative estimate of drug-likeness (QED) is 0.605. The van der Waals surface area contributed by atoms with Crippen LogP contribution in [-0.2, 0) is 21.1 Å². The first-order valence-electron chi connectivity index (χ1n) is 9.39. The number of rotatable bonds is 3. The van der Waals surface area contributed by atoms with Gasteiger partial charge in [-0.25, -0.2) is 4.39 Å². The minimum absolute atomic E-state index is 0.0156. The van der Waals surface area contributed by atoms with Crippen LogP contribution in [0.2, 0.25) is 0 Å². The van der Waals surface area contributed by atoms with Crippen molar-refractivity contribution in [3.63, 3.8) is 0 Å². The number of benzene rings is 1. The molecule has 3 fully saturated rings. The van der Waals surface area contributed by atoms with Gasteiger partial charge in [-0.1, -0.05) is 18.7 Å². The lowest BCUT2D eigenvalue weighted by atomic mass is 9.73. The van der Waals surface area contributed by atoms with E-state index < -0.39 is 12.1 Å². The van der Waals surface area contributed by atoms with E-state index in [2.05, 4.69) is 11.5 Å². The van der Waals surface area contributed by atoms with E-state index in [1.807, 2.05) is 12.1 Å². The summed E-state index contributed by atoms with van der Waals surface area (Å²) in [5, 5.41) is 0. The molecule has 4 rings (SSSR count). The smallest absolute Gasteiger partial charge is 0.237 e. The van der Waals surface area contributed by atoms with Crippen LogP contribution in [-0.4, -0.2) is 48.6 Å². The second-order valence-electron chi connectivity index (χ2n) is 7.84. The number of alkyl halides is 1. The van der Waals surface area contributed by atoms with Crippen molar-refractivity contribution in [2.24, 2.45) is 11.3 Å². The third kappa shape index (κ3) is 2.87. The minimum Gasteiger partial charge on any atom is -0.368 e. The summed E-state index contributed by atoms with van der Waals surface area (Å²) in [4.78, 5) is 41.9. The molecule has 3 aliphatic rings. The monoisotopic (exact) mass is 370 g/mol. The highest BCUT2D eigenvalue weighted by atomic mass is 19.1. The normalized spacial score (nSPS) is 28.0. The summed E-state index contributed by atoms with van der Waals surface area (Å²) in [6.45, 7) is 5.65. The fourth-order valence-corrected chi connectivity index (χ4v) is 4.69. The van der Waals surface area contributed by atoms with Gasteiger partial charge in [0, 0.05) is 44.7 Å². The number of amides is 1. The van der Waals surface area contributed by atoms with Gasteiger partial charge < -0.3 is 9.80 Å². The number of ketones is 2. The van der Waals surface area contributed by atoms with Gasteiger partial charge in [-0.3, -0.25) is 14.4 Å². The largest absolute Gasteiger partial charge is 0.368 e. The van der Waals surface area contributed by atoms with Crippen LogP contribution in [0.1, 0.15) is 24.8 Å². The van der Waals surface area contributed by atoms with E-state index >= 15 is 0 Å². The summed E-state index contributed by atoms with van der Waals surface area (Å²) in [6, 6.07) is 7.31. The summed E-state index contributed by atoms with van der Waals surface area (Å²) < 4.78 is 12.7. The van der Waals surface area contributed by atoms with Crippen LogP contribution in [0.4, 0.5) is 10.1 Å². The molecule has 2 saturated carbocycles. The highest BCUT2D eigenvalue weighted by Gasteiger charge is 2.59. The van der Waals surface area contributed by atoms with Gasteiger partial charge in [-0.2, -0.15) is 0 Å². The molecular formula is C21H23FN2O3. The Labute approximate surface area is 157 Å². The van der Waals surface area contributed by atoms with Gasteiger partial charge in [0.25, 0.3) is 0 Å². The predicted molar refractivity (Wildman–Crippen MR) is 99.0 cm³/mol. The van der Waals surface area contributed by atoms with Gasteiger partial charge in [0.15, 0.2) is 5.78 Å². The number of Topliss-reactive ketones (excluding diaryl/α,β-unsaturated/α-hetero) is 2. The highest BCUT2D eigenvalue weighted by Crippen LogP contribution is 2.51. The first kappa shape index (κ1) is 17.9. The van der Waals surface area contributed by atoms with Gasteiger partial charge in [0.2, 0.25) is 5.91 Å². The molecule has 1 amide bonds. The lowest BCUT2D eigenvalue weighted by Gasteiger charge is -2.40. The lowest BCUT2D eigenvalue weighted by molar-refractivity contribution is -0.151. The number of hydrogen-bond donors (Lipinski definition) is 0. The molecule has 1 aromatic carbocycles. The Morgan fingerprint density at radius 2 is 1.81 bits per heavy atom. The molecule has 0 radical (unpaired) electrons. The number of hydrogen-bond acceptors (Lipinski definition) is 4. The van der Waals surface area contributed by atoms with Crippen molar-refractivity contribution >= 4 is 23.2 Å². The highest BCUT2D eigenvalue weighted by molar-refractivity contribution is 6.19. The van der Waals surface area contributed by atoms with Gasteiger partial charge in [0.05, 0.1) is 0 Å². The van der Waals surface area contributed by atoms with Crippen LogP contribution in [0, 0.1) is 11.3 Å². The van der Waals surface area contributed by atoms with Crippen molar-refractivity contribution in [1.82, 2.24) is 4.90 Å². The molecule has 2 aliphatic carbocycles. The molecule has 5 nitrogen and oxygen atoms in total. The Balaban J connectivity index is 1.46. The molecule has 27 heavy (non-hydrogen) atoms. The third-order valence-corrected chi connectivity index (χ3v) is 6.22. The molecule has 2 atom stereocenters. The summed E-state index contributed by atoms with van der Waals surface area (Å²) in [5.74, 6) is -0.625. The molecule has 1 saturated heterocycles. The van der Waals surface area contributed by atoms with Crippen molar-refractivity contribution in [2.45, 2.75) is 25.9 Å². The third-order valence-electron chi connectivity index (χ3n) is 6.22. The van der Waals surface area contributed by atoms with E-state index in [1.165, 1.54) is 0 Å². The van der Waals surface area contributed by atoms with Crippen LogP contribution >= 0.6 is 0 Å². The van der Waals surface area contributed by atoms with Crippen LogP contribution < -0.4 is 4.90 Å². The summed E-state index contributed by atoms with van der Waals surface area (Å²) in [7, 11) is 0. The molecule has 0 spiro atoms. The van der Waals surface area contributed by atoms with E-state index in [-0.39, 0.29) is 29.8 Å². The van der Waals surface area contributed by atoms with Crippen LogP contribution in [0.5, 0.6) is 0 Å².